The highest BCUT2D eigenvalue weighted by molar-refractivity contribution is 6.17. The van der Waals surface area contributed by atoms with Gasteiger partial charge in [-0.25, -0.2) is 4.79 Å². The number of nitrogens with one attached hydrogen (secondary N) is 1. The first kappa shape index (κ1) is 13.6. The van der Waals surface area contributed by atoms with Crippen LogP contribution in [-0.2, 0) is 10.6 Å². The Balaban J connectivity index is 2.72. The fraction of sp³-hybridized carbons (Fsp3) is 0.417. The first-order valence-electron chi connectivity index (χ1n) is 5.19. The Morgan fingerprint density at radius 2 is 2.12 bits per heavy atom. The van der Waals surface area contributed by atoms with Gasteiger partial charge in [-0.15, -0.1) is 11.6 Å². The molecule has 0 aliphatic heterocycles. The molecule has 0 bridgehead atoms. The van der Waals surface area contributed by atoms with E-state index in [1.165, 1.54) is 6.07 Å². The van der Waals surface area contributed by atoms with Gasteiger partial charge >= 0.3 is 6.09 Å². The summed E-state index contributed by atoms with van der Waals surface area (Å²) in [6, 6.07) is 4.66. The van der Waals surface area contributed by atoms with Gasteiger partial charge in [0, 0.05) is 11.3 Å². The Morgan fingerprint density at radius 3 is 2.65 bits per heavy atom. The predicted molar refractivity (Wildman–Crippen MR) is 67.5 cm³/mol. The predicted octanol–water partition coefficient (Wildman–Crippen LogP) is 3.48. The van der Waals surface area contributed by atoms with Gasteiger partial charge in [-0.05, 0) is 39.0 Å². The minimum absolute atomic E-state index is 0.106. The van der Waals surface area contributed by atoms with Crippen molar-refractivity contribution in [2.24, 2.45) is 0 Å². The zero-order valence-electron chi connectivity index (χ0n) is 10.1. The minimum atomic E-state index is -0.545. The second-order valence-electron chi connectivity index (χ2n) is 4.60. The van der Waals surface area contributed by atoms with Crippen molar-refractivity contribution in [1.82, 2.24) is 0 Å². The number of aromatic hydroxyl groups is 1. The van der Waals surface area contributed by atoms with Gasteiger partial charge in [0.2, 0.25) is 0 Å². The molecule has 2 N–H and O–H groups in total. The van der Waals surface area contributed by atoms with E-state index >= 15 is 0 Å². The van der Waals surface area contributed by atoms with Crippen LogP contribution in [0.5, 0.6) is 5.75 Å². The number of hydrogen-bond acceptors (Lipinski definition) is 3. The molecule has 17 heavy (non-hydrogen) atoms. The molecule has 0 aromatic heterocycles. The number of amides is 1. The lowest BCUT2D eigenvalue weighted by Gasteiger charge is -2.19. The highest BCUT2D eigenvalue weighted by Crippen LogP contribution is 2.23. The van der Waals surface area contributed by atoms with Crippen LogP contribution in [0.3, 0.4) is 0 Å². The third kappa shape index (κ3) is 4.53. The molecule has 0 radical (unpaired) electrons. The molecule has 0 atom stereocenters. The van der Waals surface area contributed by atoms with Gasteiger partial charge in [0.15, 0.2) is 0 Å². The number of carbonyl (C=O) groups is 1. The maximum atomic E-state index is 11.5. The van der Waals surface area contributed by atoms with Gasteiger partial charge in [-0.3, -0.25) is 5.32 Å². The zero-order valence-corrected chi connectivity index (χ0v) is 10.8. The average Bonchev–Trinajstić information content (AvgIpc) is 2.18. The number of carbonyl (C=O) groups excluding carboxylic acids is 1. The molecule has 1 aromatic rings. The lowest BCUT2D eigenvalue weighted by Crippen LogP contribution is -2.27. The van der Waals surface area contributed by atoms with Crippen molar-refractivity contribution in [3.8, 4) is 5.75 Å². The number of phenolic OH excluding ortho intramolecular Hbond substituents is 1. The molecule has 1 amide bonds. The van der Waals surface area contributed by atoms with Gasteiger partial charge in [-0.1, -0.05) is 0 Å². The van der Waals surface area contributed by atoms with Gasteiger partial charge < -0.3 is 9.84 Å². The fourth-order valence-corrected chi connectivity index (χ4v) is 1.41. The van der Waals surface area contributed by atoms with Crippen LogP contribution >= 0.6 is 11.6 Å². The number of rotatable bonds is 2. The smallest absolute Gasteiger partial charge is 0.412 e. The van der Waals surface area contributed by atoms with Crippen molar-refractivity contribution >= 4 is 23.4 Å². The van der Waals surface area contributed by atoms with Crippen LogP contribution in [-0.4, -0.2) is 16.8 Å². The molecule has 4 nitrogen and oxygen atoms in total. The topological polar surface area (TPSA) is 58.6 Å². The van der Waals surface area contributed by atoms with Gasteiger partial charge in [0.25, 0.3) is 0 Å². The highest BCUT2D eigenvalue weighted by Gasteiger charge is 2.16. The molecule has 1 rings (SSSR count). The largest absolute Gasteiger partial charge is 0.508 e. The fourth-order valence-electron chi connectivity index (χ4n) is 1.19. The average molecular weight is 258 g/mol. The molecule has 0 spiro atoms. The van der Waals surface area contributed by atoms with Crippen molar-refractivity contribution < 1.29 is 14.6 Å². The number of phenols is 1. The highest BCUT2D eigenvalue weighted by atomic mass is 35.5. The van der Waals surface area contributed by atoms with Crippen LogP contribution < -0.4 is 5.32 Å². The summed E-state index contributed by atoms with van der Waals surface area (Å²) in [7, 11) is 0. The SMILES string of the molecule is CC(C)(C)OC(=O)Nc1ccc(O)c(CCl)c1. The Morgan fingerprint density at radius 1 is 1.47 bits per heavy atom. The third-order valence-corrected chi connectivity index (χ3v) is 2.16. The van der Waals surface area contributed by atoms with Crippen molar-refractivity contribution in [1.29, 1.82) is 0 Å². The van der Waals surface area contributed by atoms with Crippen molar-refractivity contribution in [2.75, 3.05) is 5.32 Å². The first-order valence-corrected chi connectivity index (χ1v) is 5.73. The molecule has 5 heteroatoms. The van der Waals surface area contributed by atoms with Gasteiger partial charge in [0.05, 0.1) is 5.88 Å². The minimum Gasteiger partial charge on any atom is -0.508 e. The maximum absolute atomic E-state index is 11.5. The third-order valence-electron chi connectivity index (χ3n) is 1.87. The van der Waals surface area contributed by atoms with Crippen molar-refractivity contribution in [3.63, 3.8) is 0 Å². The molecule has 0 heterocycles. The summed E-state index contributed by atoms with van der Waals surface area (Å²) in [4.78, 5) is 11.5. The van der Waals surface area contributed by atoms with E-state index in [0.717, 1.165) is 0 Å². The van der Waals surface area contributed by atoms with Crippen molar-refractivity contribution in [2.45, 2.75) is 32.3 Å². The summed E-state index contributed by atoms with van der Waals surface area (Å²) < 4.78 is 5.10. The van der Waals surface area contributed by atoms with E-state index in [1.807, 2.05) is 0 Å². The molecular weight excluding hydrogens is 242 g/mol. The summed E-state index contributed by atoms with van der Waals surface area (Å²) in [6.07, 6.45) is -0.538. The van der Waals surface area contributed by atoms with Crippen LogP contribution in [0.15, 0.2) is 18.2 Å². The number of alkyl halides is 1. The summed E-state index contributed by atoms with van der Waals surface area (Å²) in [5.41, 5.74) is 0.545. The molecule has 0 unspecified atom stereocenters. The Kier molecular flexibility index (Phi) is 4.23. The second-order valence-corrected chi connectivity index (χ2v) is 4.87. The van der Waals surface area contributed by atoms with E-state index in [0.29, 0.717) is 11.3 Å². The molecule has 94 valence electrons. The molecular formula is C12H16ClNO3. The zero-order chi connectivity index (χ0) is 13.1. The molecule has 1 aromatic carbocycles. The Bertz CT molecular complexity index is 413. The normalized spacial score (nSPS) is 11.1. The van der Waals surface area contributed by atoms with Crippen LogP contribution in [0.4, 0.5) is 10.5 Å². The summed E-state index contributed by atoms with van der Waals surface area (Å²) >= 11 is 5.64. The van der Waals surface area contributed by atoms with Crippen LogP contribution in [0.1, 0.15) is 26.3 Å². The second kappa shape index (κ2) is 5.27. The molecule has 0 saturated carbocycles. The standard InChI is InChI=1S/C12H16ClNO3/c1-12(2,3)17-11(16)14-9-4-5-10(15)8(6-9)7-13/h4-6,15H,7H2,1-3H3,(H,14,16). The van der Waals surface area contributed by atoms with Gasteiger partial charge in [0.1, 0.15) is 11.4 Å². The van der Waals surface area contributed by atoms with E-state index in [-0.39, 0.29) is 11.6 Å². The van der Waals surface area contributed by atoms with E-state index in [1.54, 1.807) is 32.9 Å². The molecule has 0 fully saturated rings. The number of ether oxygens (including phenoxy) is 1. The van der Waals surface area contributed by atoms with Crippen LogP contribution in [0.2, 0.25) is 0 Å². The van der Waals surface area contributed by atoms with Crippen molar-refractivity contribution in [3.05, 3.63) is 23.8 Å². The molecule has 0 aliphatic rings. The monoisotopic (exact) mass is 257 g/mol. The Labute approximate surface area is 106 Å². The number of hydrogen-bond donors (Lipinski definition) is 2. The van der Waals surface area contributed by atoms with Crippen LogP contribution in [0, 0.1) is 0 Å². The lowest BCUT2D eigenvalue weighted by molar-refractivity contribution is 0.0636. The van der Waals surface area contributed by atoms with Crippen LogP contribution in [0.25, 0.3) is 0 Å². The van der Waals surface area contributed by atoms with E-state index in [4.69, 9.17) is 16.3 Å². The summed E-state index contributed by atoms with van der Waals surface area (Å²) in [5, 5.41) is 12.0. The van der Waals surface area contributed by atoms with E-state index in [2.05, 4.69) is 5.32 Å². The summed E-state index contributed by atoms with van der Waals surface area (Å²) in [6.45, 7) is 5.36. The van der Waals surface area contributed by atoms with E-state index in [9.17, 15) is 9.90 Å². The van der Waals surface area contributed by atoms with E-state index < -0.39 is 11.7 Å². The quantitative estimate of drug-likeness (QED) is 0.630. The van der Waals surface area contributed by atoms with Gasteiger partial charge in [-0.2, -0.15) is 0 Å². The number of halogens is 1. The lowest BCUT2D eigenvalue weighted by atomic mass is 10.2. The number of benzene rings is 1. The maximum Gasteiger partial charge on any atom is 0.412 e. The first-order chi connectivity index (χ1) is 7.81. The molecule has 0 aliphatic carbocycles. The molecule has 0 saturated heterocycles. The number of anilines is 1. The Hall–Kier alpha value is -1.42. The summed E-state index contributed by atoms with van der Waals surface area (Å²) in [5.74, 6) is 0.283.